The maximum atomic E-state index is 12.7. The Morgan fingerprint density at radius 3 is 2.12 bits per heavy atom. The van der Waals surface area contributed by atoms with E-state index >= 15 is 0 Å². The molecule has 0 heterocycles. The number of hydrogen-bond donors (Lipinski definition) is 0. The highest BCUT2D eigenvalue weighted by Gasteiger charge is 2.49. The average Bonchev–Trinajstić information content (AvgIpc) is 3.11. The van der Waals surface area contributed by atoms with Gasteiger partial charge in [-0.3, -0.25) is 4.79 Å². The van der Waals surface area contributed by atoms with Crippen molar-refractivity contribution in [2.24, 2.45) is 0 Å². The molecule has 0 saturated heterocycles. The highest BCUT2D eigenvalue weighted by atomic mass is 79.9. The van der Waals surface area contributed by atoms with Gasteiger partial charge in [-0.05, 0) is 52.0 Å². The summed E-state index contributed by atoms with van der Waals surface area (Å²) < 4.78 is 7.98. The number of carbonyl (C=O) groups excluding carboxylic acids is 1. The summed E-state index contributed by atoms with van der Waals surface area (Å²) >= 11 is 3.51. The summed E-state index contributed by atoms with van der Waals surface area (Å²) in [6.07, 6.45) is 4.57. The van der Waals surface area contributed by atoms with Crippen LogP contribution >= 0.6 is 15.9 Å². The molecule has 1 aliphatic rings. The van der Waals surface area contributed by atoms with Crippen molar-refractivity contribution in [2.75, 3.05) is 6.61 Å². The second kappa shape index (κ2) is 9.92. The zero-order valence-corrected chi connectivity index (χ0v) is 22.2. The van der Waals surface area contributed by atoms with Gasteiger partial charge in [-0.25, -0.2) is 0 Å². The Morgan fingerprint density at radius 2 is 1.55 bits per heavy atom. The molecule has 3 aromatic carbocycles. The van der Waals surface area contributed by atoms with Crippen LogP contribution in [0.25, 0.3) is 0 Å². The van der Waals surface area contributed by atoms with E-state index in [1.807, 2.05) is 12.1 Å². The van der Waals surface area contributed by atoms with Gasteiger partial charge in [0.05, 0.1) is 0 Å². The Kier molecular flexibility index (Phi) is 7.18. The molecular formula is C29H31BrO2Si. The summed E-state index contributed by atoms with van der Waals surface area (Å²) in [7, 11) is -2.50. The van der Waals surface area contributed by atoms with Crippen molar-refractivity contribution in [1.29, 1.82) is 0 Å². The molecule has 0 spiro atoms. The van der Waals surface area contributed by atoms with Crippen molar-refractivity contribution in [1.82, 2.24) is 0 Å². The lowest BCUT2D eigenvalue weighted by molar-refractivity contribution is 0.103. The van der Waals surface area contributed by atoms with Gasteiger partial charge in [0.2, 0.25) is 0 Å². The molecule has 3 aromatic rings. The van der Waals surface area contributed by atoms with Gasteiger partial charge >= 0.3 is 0 Å². The lowest BCUT2D eigenvalue weighted by atomic mass is 10.1. The molecule has 0 atom stereocenters. The van der Waals surface area contributed by atoms with Crippen LogP contribution in [0.1, 0.15) is 49.5 Å². The molecule has 2 nitrogen and oxygen atoms in total. The summed E-state index contributed by atoms with van der Waals surface area (Å²) in [5.41, 5.74) is 2.87. The Balaban J connectivity index is 1.51. The lowest BCUT2D eigenvalue weighted by Gasteiger charge is -2.43. The summed E-state index contributed by atoms with van der Waals surface area (Å²) in [6, 6.07) is 27.4. The number of benzene rings is 3. The van der Waals surface area contributed by atoms with Crippen LogP contribution in [0.3, 0.4) is 0 Å². The van der Waals surface area contributed by atoms with Gasteiger partial charge in [-0.15, -0.1) is 0 Å². The minimum Gasteiger partial charge on any atom is -0.407 e. The second-order valence-electron chi connectivity index (χ2n) is 9.69. The van der Waals surface area contributed by atoms with Crippen LogP contribution in [-0.2, 0) is 10.8 Å². The van der Waals surface area contributed by atoms with Gasteiger partial charge in [0.1, 0.15) is 0 Å². The zero-order chi connectivity index (χ0) is 23.5. The Labute approximate surface area is 207 Å². The standard InChI is InChI=1S/C29H31BrO2Si/c1-29(2,3)33(25-13-6-4-7-14-25,26-15-8-5-9-16-26)32-19-11-10-12-22-20-23-21-24(30)17-18-27(23)28(22)31/h4-9,12-18,21H,10-11,19-20H2,1-3H3/b22-12+. The SMILES string of the molecule is CC(C)(C)[Si](OCCC/C=C1\Cc2cc(Br)ccc2C1=O)(c1ccccc1)c1ccccc1. The number of halogens is 1. The molecule has 170 valence electrons. The average molecular weight is 520 g/mol. The third-order valence-electron chi connectivity index (χ3n) is 6.46. The van der Waals surface area contributed by atoms with Crippen LogP contribution in [0.4, 0.5) is 0 Å². The van der Waals surface area contributed by atoms with Crippen molar-refractivity contribution in [3.05, 3.63) is 106 Å². The molecular weight excluding hydrogens is 488 g/mol. The summed E-state index contributed by atoms with van der Waals surface area (Å²) in [4.78, 5) is 12.7. The maximum absolute atomic E-state index is 12.7. The minimum absolute atomic E-state index is 0.0232. The molecule has 0 amide bonds. The van der Waals surface area contributed by atoms with E-state index in [0.29, 0.717) is 6.61 Å². The van der Waals surface area contributed by atoms with Gasteiger partial charge in [-0.1, -0.05) is 103 Å². The van der Waals surface area contributed by atoms with Crippen molar-refractivity contribution in [3.8, 4) is 0 Å². The van der Waals surface area contributed by atoms with Gasteiger partial charge < -0.3 is 4.43 Å². The summed E-state index contributed by atoms with van der Waals surface area (Å²) in [6.45, 7) is 7.57. The van der Waals surface area contributed by atoms with Gasteiger partial charge in [0.25, 0.3) is 8.32 Å². The van der Waals surface area contributed by atoms with Crippen LogP contribution in [0.2, 0.25) is 5.04 Å². The maximum Gasteiger partial charge on any atom is 0.261 e. The Bertz CT molecular complexity index is 1110. The van der Waals surface area contributed by atoms with Gasteiger partial charge in [0.15, 0.2) is 5.78 Å². The quantitative estimate of drug-likeness (QED) is 0.203. The largest absolute Gasteiger partial charge is 0.407 e. The van der Waals surface area contributed by atoms with E-state index in [4.69, 9.17) is 4.43 Å². The monoisotopic (exact) mass is 518 g/mol. The van der Waals surface area contributed by atoms with Crippen LogP contribution < -0.4 is 10.4 Å². The number of hydrogen-bond acceptors (Lipinski definition) is 2. The molecule has 0 saturated carbocycles. The molecule has 0 fully saturated rings. The Morgan fingerprint density at radius 1 is 0.939 bits per heavy atom. The minimum atomic E-state index is -2.50. The fourth-order valence-electron chi connectivity index (χ4n) is 4.90. The molecule has 0 aliphatic heterocycles. The van der Waals surface area contributed by atoms with Gasteiger partial charge in [0, 0.05) is 28.6 Å². The third-order valence-corrected chi connectivity index (χ3v) is 12.0. The van der Waals surface area contributed by atoms with E-state index in [9.17, 15) is 4.79 Å². The fourth-order valence-corrected chi connectivity index (χ4v) is 9.91. The summed E-state index contributed by atoms with van der Waals surface area (Å²) in [5, 5.41) is 2.58. The molecule has 4 heteroatoms. The normalized spacial score (nSPS) is 15.2. The van der Waals surface area contributed by atoms with E-state index in [0.717, 1.165) is 40.4 Å². The highest BCUT2D eigenvalue weighted by Crippen LogP contribution is 2.37. The molecule has 0 aromatic heterocycles. The Hall–Kier alpha value is -2.27. The van der Waals surface area contributed by atoms with Crippen LogP contribution in [0.15, 0.2) is 95.0 Å². The number of carbonyl (C=O) groups is 1. The van der Waals surface area contributed by atoms with Crippen LogP contribution in [0.5, 0.6) is 0 Å². The molecule has 4 rings (SSSR count). The first-order valence-electron chi connectivity index (χ1n) is 11.6. The predicted octanol–water partition coefficient (Wildman–Crippen LogP) is 6.47. The topological polar surface area (TPSA) is 26.3 Å². The van der Waals surface area contributed by atoms with E-state index < -0.39 is 8.32 Å². The molecule has 0 bridgehead atoms. The smallest absolute Gasteiger partial charge is 0.261 e. The predicted molar refractivity (Wildman–Crippen MR) is 143 cm³/mol. The molecule has 1 aliphatic carbocycles. The second-order valence-corrected chi connectivity index (χ2v) is 14.9. The van der Waals surface area contributed by atoms with E-state index in [1.54, 1.807) is 0 Å². The lowest BCUT2D eigenvalue weighted by Crippen LogP contribution is -2.66. The van der Waals surface area contributed by atoms with Crippen molar-refractivity contribution < 1.29 is 9.22 Å². The molecule has 0 radical (unpaired) electrons. The first-order valence-corrected chi connectivity index (χ1v) is 14.3. The van der Waals surface area contributed by atoms with Crippen molar-refractivity contribution in [2.45, 2.75) is 45.1 Å². The van der Waals surface area contributed by atoms with Gasteiger partial charge in [-0.2, -0.15) is 0 Å². The van der Waals surface area contributed by atoms with E-state index in [-0.39, 0.29) is 10.8 Å². The number of rotatable bonds is 7. The number of fused-ring (bicyclic) bond motifs is 1. The third kappa shape index (κ3) is 4.84. The molecule has 33 heavy (non-hydrogen) atoms. The number of unbranched alkanes of at least 4 members (excludes halogenated alkanes) is 1. The van der Waals surface area contributed by atoms with Crippen LogP contribution in [0, 0.1) is 0 Å². The van der Waals surface area contributed by atoms with Crippen LogP contribution in [-0.4, -0.2) is 20.7 Å². The highest BCUT2D eigenvalue weighted by molar-refractivity contribution is 9.10. The van der Waals surface area contributed by atoms with E-state index in [2.05, 4.69) is 110 Å². The zero-order valence-electron chi connectivity index (χ0n) is 19.6. The number of Topliss-reactive ketones (excluding diaryl/α,β-unsaturated/α-hetero) is 1. The van der Waals surface area contributed by atoms with Crippen molar-refractivity contribution in [3.63, 3.8) is 0 Å². The fraction of sp³-hybridized carbons (Fsp3) is 0.276. The first kappa shape index (κ1) is 23.9. The number of ketones is 1. The van der Waals surface area contributed by atoms with E-state index in [1.165, 1.54) is 10.4 Å². The summed E-state index contributed by atoms with van der Waals surface area (Å²) in [5.74, 6) is 0.172. The molecule has 0 unspecified atom stereocenters. The van der Waals surface area contributed by atoms with Crippen molar-refractivity contribution >= 4 is 40.4 Å². The molecule has 0 N–H and O–H groups in total. The number of allylic oxidation sites excluding steroid dienone is 2. The first-order chi connectivity index (χ1) is 15.8.